The van der Waals surface area contributed by atoms with Crippen molar-refractivity contribution in [3.05, 3.63) is 56.9 Å². The fraction of sp³-hybridized carbons (Fsp3) is 0.167. The molecule has 3 nitrogen and oxygen atoms in total. The van der Waals surface area contributed by atoms with E-state index in [2.05, 4.69) is 15.9 Å². The van der Waals surface area contributed by atoms with Gasteiger partial charge >= 0.3 is 0 Å². The fourth-order valence-corrected chi connectivity index (χ4v) is 4.02. The maximum Gasteiger partial charge on any atom is 0.200 e. The summed E-state index contributed by atoms with van der Waals surface area (Å²) in [4.78, 5) is 14.2. The molecule has 0 fully saturated rings. The third kappa shape index (κ3) is 3.16. The number of hydrogen-bond donors (Lipinski definition) is 0. The first-order valence-electron chi connectivity index (χ1n) is 7.17. The smallest absolute Gasteiger partial charge is 0.200 e. The van der Waals surface area contributed by atoms with Crippen molar-refractivity contribution in [3.63, 3.8) is 0 Å². The summed E-state index contributed by atoms with van der Waals surface area (Å²) in [6.45, 7) is 2.48. The van der Waals surface area contributed by atoms with E-state index in [4.69, 9.17) is 9.47 Å². The molecule has 0 aromatic heterocycles. The van der Waals surface area contributed by atoms with Crippen LogP contribution in [0.1, 0.15) is 22.8 Å². The first kappa shape index (κ1) is 16.1. The van der Waals surface area contributed by atoms with Crippen molar-refractivity contribution in [2.75, 3.05) is 13.7 Å². The normalized spacial score (nSPS) is 14.9. The van der Waals surface area contributed by atoms with Crippen LogP contribution in [-0.4, -0.2) is 19.5 Å². The van der Waals surface area contributed by atoms with Crippen molar-refractivity contribution >= 4 is 39.6 Å². The Balaban J connectivity index is 1.98. The lowest BCUT2D eigenvalue weighted by Gasteiger charge is -2.12. The molecule has 118 valence electrons. The second kappa shape index (κ2) is 6.81. The molecule has 0 saturated heterocycles. The number of fused-ring (bicyclic) bond motifs is 1. The van der Waals surface area contributed by atoms with Gasteiger partial charge in [-0.05, 0) is 58.8 Å². The molecule has 1 aliphatic heterocycles. The molecule has 0 atom stereocenters. The van der Waals surface area contributed by atoms with Crippen LogP contribution in [0.4, 0.5) is 0 Å². The molecule has 0 spiro atoms. The average Bonchev–Trinajstić information content (AvgIpc) is 2.86. The van der Waals surface area contributed by atoms with Gasteiger partial charge in [0.15, 0.2) is 11.5 Å². The van der Waals surface area contributed by atoms with Crippen LogP contribution in [0, 0.1) is 0 Å². The Hall–Kier alpha value is -1.72. The van der Waals surface area contributed by atoms with E-state index in [1.165, 1.54) is 11.8 Å². The highest BCUT2D eigenvalue weighted by atomic mass is 79.9. The maximum absolute atomic E-state index is 12.5. The number of allylic oxidation sites excluding steroid dienone is 1. The van der Waals surface area contributed by atoms with Crippen LogP contribution in [-0.2, 0) is 0 Å². The molecule has 0 aliphatic carbocycles. The van der Waals surface area contributed by atoms with Crippen molar-refractivity contribution in [1.82, 2.24) is 0 Å². The van der Waals surface area contributed by atoms with Crippen molar-refractivity contribution in [2.45, 2.75) is 11.8 Å². The number of benzene rings is 2. The third-order valence-electron chi connectivity index (χ3n) is 3.41. The second-order valence-electron chi connectivity index (χ2n) is 4.90. The van der Waals surface area contributed by atoms with E-state index in [9.17, 15) is 4.79 Å². The number of thioether (sulfide) groups is 1. The minimum absolute atomic E-state index is 0.0644. The number of rotatable bonds is 4. The molecular formula is C18H15BrO3S. The van der Waals surface area contributed by atoms with Gasteiger partial charge in [-0.3, -0.25) is 4.79 Å². The van der Waals surface area contributed by atoms with Gasteiger partial charge in [0.25, 0.3) is 0 Å². The Morgan fingerprint density at radius 2 is 2.04 bits per heavy atom. The van der Waals surface area contributed by atoms with Crippen LogP contribution < -0.4 is 9.47 Å². The number of carbonyl (C=O) groups excluding carboxylic acids is 1. The van der Waals surface area contributed by atoms with Gasteiger partial charge in [-0.25, -0.2) is 0 Å². The van der Waals surface area contributed by atoms with Gasteiger partial charge < -0.3 is 9.47 Å². The molecule has 0 N–H and O–H groups in total. The topological polar surface area (TPSA) is 35.5 Å². The lowest BCUT2D eigenvalue weighted by molar-refractivity contribution is 0.104. The lowest BCUT2D eigenvalue weighted by Crippen LogP contribution is -1.97. The van der Waals surface area contributed by atoms with E-state index in [0.717, 1.165) is 20.5 Å². The summed E-state index contributed by atoms with van der Waals surface area (Å²) in [7, 11) is 1.60. The Kier molecular flexibility index (Phi) is 4.78. The van der Waals surface area contributed by atoms with Crippen LogP contribution in [0.2, 0.25) is 0 Å². The lowest BCUT2D eigenvalue weighted by atomic mass is 10.1. The number of halogens is 1. The minimum Gasteiger partial charge on any atom is -0.493 e. The van der Waals surface area contributed by atoms with E-state index in [0.29, 0.717) is 23.0 Å². The van der Waals surface area contributed by atoms with Gasteiger partial charge in [0, 0.05) is 10.5 Å². The molecule has 23 heavy (non-hydrogen) atoms. The second-order valence-corrected chi connectivity index (χ2v) is 6.84. The van der Waals surface area contributed by atoms with Gasteiger partial charge in [-0.2, -0.15) is 0 Å². The quantitative estimate of drug-likeness (QED) is 0.673. The largest absolute Gasteiger partial charge is 0.493 e. The Labute approximate surface area is 147 Å². The zero-order valence-electron chi connectivity index (χ0n) is 12.8. The van der Waals surface area contributed by atoms with Gasteiger partial charge in [-0.1, -0.05) is 23.9 Å². The molecule has 2 aromatic carbocycles. The average molecular weight is 391 g/mol. The number of hydrogen-bond acceptors (Lipinski definition) is 4. The predicted octanol–water partition coefficient (Wildman–Crippen LogP) is 5.19. The van der Waals surface area contributed by atoms with E-state index in [1.54, 1.807) is 7.11 Å². The van der Waals surface area contributed by atoms with Crippen LogP contribution in [0.5, 0.6) is 11.5 Å². The molecule has 1 aliphatic rings. The Morgan fingerprint density at radius 1 is 1.26 bits per heavy atom. The fourth-order valence-electron chi connectivity index (χ4n) is 2.39. The molecule has 2 aromatic rings. The van der Waals surface area contributed by atoms with Gasteiger partial charge in [0.2, 0.25) is 5.78 Å². The van der Waals surface area contributed by atoms with Crippen molar-refractivity contribution < 1.29 is 14.3 Å². The van der Waals surface area contributed by atoms with Crippen LogP contribution in [0.15, 0.2) is 50.7 Å². The molecule has 1 heterocycles. The van der Waals surface area contributed by atoms with E-state index in [1.807, 2.05) is 49.4 Å². The third-order valence-corrected chi connectivity index (χ3v) is 5.10. The molecule has 0 radical (unpaired) electrons. The summed E-state index contributed by atoms with van der Waals surface area (Å²) in [6.07, 6.45) is 1.88. The molecule has 3 rings (SSSR count). The predicted molar refractivity (Wildman–Crippen MR) is 96.5 cm³/mol. The number of Topliss-reactive ketones (excluding diaryl/α,β-unsaturated/α-hetero) is 1. The van der Waals surface area contributed by atoms with Crippen LogP contribution in [0.3, 0.4) is 0 Å². The first-order chi connectivity index (χ1) is 11.1. The standard InChI is InChI=1S/C18H15BrO3S/c1-3-22-18-13(19)8-11(9-14(18)21-2)10-16-17(20)12-6-4-5-7-15(12)23-16/h4-10H,3H2,1-2H3/b16-10-. The minimum atomic E-state index is 0.0644. The van der Waals surface area contributed by atoms with Crippen molar-refractivity contribution in [2.24, 2.45) is 0 Å². The van der Waals surface area contributed by atoms with Gasteiger partial charge in [-0.15, -0.1) is 0 Å². The summed E-state index contributed by atoms with van der Waals surface area (Å²) in [5, 5.41) is 0. The highest BCUT2D eigenvalue weighted by Crippen LogP contribution is 2.42. The molecular weight excluding hydrogens is 376 g/mol. The maximum atomic E-state index is 12.5. The SMILES string of the molecule is CCOc1c(Br)cc(/C=C2\Sc3ccccc3C2=O)cc1OC. The highest BCUT2D eigenvalue weighted by molar-refractivity contribution is 9.10. The van der Waals surface area contributed by atoms with E-state index >= 15 is 0 Å². The summed E-state index contributed by atoms with van der Waals surface area (Å²) in [5.74, 6) is 1.38. The monoisotopic (exact) mass is 390 g/mol. The summed E-state index contributed by atoms with van der Waals surface area (Å²) in [6, 6.07) is 11.5. The van der Waals surface area contributed by atoms with Crippen molar-refractivity contribution in [3.8, 4) is 11.5 Å². The molecule has 0 unspecified atom stereocenters. The van der Waals surface area contributed by atoms with Gasteiger partial charge in [0.05, 0.1) is 23.1 Å². The van der Waals surface area contributed by atoms with E-state index < -0.39 is 0 Å². The van der Waals surface area contributed by atoms with E-state index in [-0.39, 0.29) is 5.78 Å². The van der Waals surface area contributed by atoms with Crippen molar-refractivity contribution in [1.29, 1.82) is 0 Å². The first-order valence-corrected chi connectivity index (χ1v) is 8.78. The summed E-state index contributed by atoms with van der Waals surface area (Å²) in [5.41, 5.74) is 1.65. The Morgan fingerprint density at radius 3 is 2.74 bits per heavy atom. The molecule has 0 bridgehead atoms. The number of ketones is 1. The summed E-state index contributed by atoms with van der Waals surface area (Å²) >= 11 is 5.00. The molecule has 0 amide bonds. The zero-order chi connectivity index (χ0) is 16.4. The number of methoxy groups -OCH3 is 1. The molecule has 5 heteroatoms. The van der Waals surface area contributed by atoms with Gasteiger partial charge in [0.1, 0.15) is 0 Å². The number of ether oxygens (including phenoxy) is 2. The van der Waals surface area contributed by atoms with Crippen LogP contribution in [0.25, 0.3) is 6.08 Å². The molecule has 0 saturated carbocycles. The number of carbonyl (C=O) groups is 1. The summed E-state index contributed by atoms with van der Waals surface area (Å²) < 4.78 is 11.8. The zero-order valence-corrected chi connectivity index (χ0v) is 15.2. The van der Waals surface area contributed by atoms with Crippen LogP contribution >= 0.6 is 27.7 Å². The highest BCUT2D eigenvalue weighted by Gasteiger charge is 2.25. The Bertz CT molecular complexity index is 799.